The molecule has 1 aliphatic carbocycles. The number of nitrogens with zero attached hydrogens (tertiary/aromatic N) is 1. The number of anilines is 1. The lowest BCUT2D eigenvalue weighted by molar-refractivity contribution is 0.0950. The molecule has 1 aromatic rings. The summed E-state index contributed by atoms with van der Waals surface area (Å²) in [7, 11) is 0. The van der Waals surface area contributed by atoms with Crippen molar-refractivity contribution in [3.63, 3.8) is 0 Å². The molecule has 0 bridgehead atoms. The molecule has 1 aliphatic rings. The van der Waals surface area contributed by atoms with Crippen molar-refractivity contribution in [2.24, 2.45) is 0 Å². The van der Waals surface area contributed by atoms with Gasteiger partial charge in [-0.2, -0.15) is 5.10 Å². The van der Waals surface area contributed by atoms with E-state index in [2.05, 4.69) is 22.1 Å². The van der Waals surface area contributed by atoms with Crippen LogP contribution in [0.2, 0.25) is 0 Å². The Hall–Kier alpha value is -1.78. The van der Waals surface area contributed by atoms with Crippen molar-refractivity contribution in [3.8, 4) is 0 Å². The molecule has 1 aromatic heterocycles. The van der Waals surface area contributed by atoms with Gasteiger partial charge in [-0.25, -0.2) is 0 Å². The zero-order valence-electron chi connectivity index (χ0n) is 9.12. The van der Waals surface area contributed by atoms with Crippen molar-refractivity contribution in [2.75, 3.05) is 12.3 Å². The number of hydrogen-bond acceptors (Lipinski definition) is 3. The number of carbonyl (C=O) groups is 1. The molecular weight excluding hydrogens is 204 g/mol. The molecule has 5 nitrogen and oxygen atoms in total. The largest absolute Gasteiger partial charge is 0.395 e. The first kappa shape index (κ1) is 10.7. The maximum Gasteiger partial charge on any atom is 0.273 e. The molecule has 2 rings (SSSR count). The van der Waals surface area contributed by atoms with Crippen LogP contribution in [-0.2, 0) is 0 Å². The predicted octanol–water partition coefficient (Wildman–Crippen LogP) is 1.18. The van der Waals surface area contributed by atoms with Crippen LogP contribution in [0, 0.1) is 0 Å². The lowest BCUT2D eigenvalue weighted by atomic mass is 10.2. The number of H-pyrrole nitrogens is 1. The fraction of sp³-hybridized carbons (Fsp3) is 0.455. The molecule has 0 unspecified atom stereocenters. The van der Waals surface area contributed by atoms with Crippen LogP contribution in [0.15, 0.2) is 12.7 Å². The minimum atomic E-state index is -0.220. The molecule has 0 aromatic carbocycles. The Balaban J connectivity index is 2.02. The second-order valence-corrected chi connectivity index (χ2v) is 4.01. The van der Waals surface area contributed by atoms with Gasteiger partial charge < -0.3 is 11.1 Å². The SMILES string of the molecule is C=CCCNC(=O)c1n[nH]c(C2CC2)c1N. The second kappa shape index (κ2) is 4.38. The molecule has 1 amide bonds. The smallest absolute Gasteiger partial charge is 0.273 e. The Morgan fingerprint density at radius 3 is 3.06 bits per heavy atom. The van der Waals surface area contributed by atoms with Gasteiger partial charge in [0.05, 0.1) is 11.4 Å². The standard InChI is InChI=1S/C11H16N4O/c1-2-3-6-13-11(16)10-8(12)9(14-15-10)7-4-5-7/h2,7H,1,3-6,12H2,(H,13,16)(H,14,15). The monoisotopic (exact) mass is 220 g/mol. The number of hydrogen-bond donors (Lipinski definition) is 3. The lowest BCUT2D eigenvalue weighted by Crippen LogP contribution is -2.25. The Morgan fingerprint density at radius 2 is 2.44 bits per heavy atom. The Bertz CT molecular complexity index is 406. The second-order valence-electron chi connectivity index (χ2n) is 4.01. The summed E-state index contributed by atoms with van der Waals surface area (Å²) in [5, 5.41) is 9.56. The first-order valence-electron chi connectivity index (χ1n) is 5.47. The highest BCUT2D eigenvalue weighted by Crippen LogP contribution is 2.42. The fourth-order valence-electron chi connectivity index (χ4n) is 1.59. The van der Waals surface area contributed by atoms with E-state index in [1.807, 2.05) is 0 Å². The summed E-state index contributed by atoms with van der Waals surface area (Å²) in [5.74, 6) is 0.254. The van der Waals surface area contributed by atoms with Crippen LogP contribution >= 0.6 is 0 Å². The van der Waals surface area contributed by atoms with Gasteiger partial charge in [0, 0.05) is 12.5 Å². The van der Waals surface area contributed by atoms with E-state index in [0.29, 0.717) is 23.8 Å². The van der Waals surface area contributed by atoms with E-state index in [1.54, 1.807) is 6.08 Å². The molecular formula is C11H16N4O. The topological polar surface area (TPSA) is 83.8 Å². The van der Waals surface area contributed by atoms with Crippen LogP contribution < -0.4 is 11.1 Å². The van der Waals surface area contributed by atoms with Gasteiger partial charge in [0.15, 0.2) is 5.69 Å². The van der Waals surface area contributed by atoms with Gasteiger partial charge in [-0.15, -0.1) is 6.58 Å². The van der Waals surface area contributed by atoms with Crippen molar-refractivity contribution in [1.29, 1.82) is 0 Å². The van der Waals surface area contributed by atoms with Crippen LogP contribution in [0.25, 0.3) is 0 Å². The number of carbonyl (C=O) groups excluding carboxylic acids is 1. The lowest BCUT2D eigenvalue weighted by Gasteiger charge is -2.01. The predicted molar refractivity (Wildman–Crippen MR) is 62.1 cm³/mol. The van der Waals surface area contributed by atoms with Crippen LogP contribution in [0.4, 0.5) is 5.69 Å². The Kier molecular flexibility index (Phi) is 2.94. The first-order valence-corrected chi connectivity index (χ1v) is 5.47. The highest BCUT2D eigenvalue weighted by Gasteiger charge is 2.30. The summed E-state index contributed by atoms with van der Waals surface area (Å²) >= 11 is 0. The molecule has 0 radical (unpaired) electrons. The van der Waals surface area contributed by atoms with E-state index < -0.39 is 0 Å². The normalized spacial score (nSPS) is 14.8. The molecule has 5 heteroatoms. The van der Waals surface area contributed by atoms with Crippen LogP contribution in [0.3, 0.4) is 0 Å². The van der Waals surface area contributed by atoms with Crippen molar-refractivity contribution in [1.82, 2.24) is 15.5 Å². The fourth-order valence-corrected chi connectivity index (χ4v) is 1.59. The van der Waals surface area contributed by atoms with Gasteiger partial charge in [-0.05, 0) is 19.3 Å². The van der Waals surface area contributed by atoms with Crippen molar-refractivity contribution in [2.45, 2.75) is 25.2 Å². The van der Waals surface area contributed by atoms with Crippen LogP contribution in [0.1, 0.15) is 41.4 Å². The molecule has 0 atom stereocenters. The molecule has 4 N–H and O–H groups in total. The first-order chi connectivity index (χ1) is 7.74. The molecule has 16 heavy (non-hydrogen) atoms. The third kappa shape index (κ3) is 2.08. The molecule has 1 saturated carbocycles. The maximum atomic E-state index is 11.7. The van der Waals surface area contributed by atoms with Gasteiger partial charge in [0.25, 0.3) is 5.91 Å². The summed E-state index contributed by atoms with van der Waals surface area (Å²) in [6.07, 6.45) is 4.75. The van der Waals surface area contributed by atoms with Gasteiger partial charge in [0.2, 0.25) is 0 Å². The number of rotatable bonds is 5. The summed E-state index contributed by atoms with van der Waals surface area (Å²) in [6, 6.07) is 0. The zero-order valence-corrected chi connectivity index (χ0v) is 9.12. The molecule has 86 valence electrons. The highest BCUT2D eigenvalue weighted by atomic mass is 16.1. The van der Waals surface area contributed by atoms with Crippen LogP contribution in [-0.4, -0.2) is 22.6 Å². The molecule has 0 spiro atoms. The summed E-state index contributed by atoms with van der Waals surface area (Å²) < 4.78 is 0. The average Bonchev–Trinajstić information content (AvgIpc) is 3.03. The summed E-state index contributed by atoms with van der Waals surface area (Å²) in [6.45, 7) is 4.15. The minimum Gasteiger partial charge on any atom is -0.395 e. The molecule has 0 saturated heterocycles. The van der Waals surface area contributed by atoms with E-state index in [9.17, 15) is 4.79 Å². The number of nitrogens with two attached hydrogens (primary N) is 1. The van der Waals surface area contributed by atoms with Gasteiger partial charge >= 0.3 is 0 Å². The number of aromatic nitrogens is 2. The number of nitrogens with one attached hydrogen (secondary N) is 2. The highest BCUT2D eigenvalue weighted by molar-refractivity contribution is 5.97. The van der Waals surface area contributed by atoms with Gasteiger partial charge in [0.1, 0.15) is 0 Å². The third-order valence-electron chi connectivity index (χ3n) is 2.67. The van der Waals surface area contributed by atoms with Crippen LogP contribution in [0.5, 0.6) is 0 Å². The molecule has 1 heterocycles. The average molecular weight is 220 g/mol. The third-order valence-corrected chi connectivity index (χ3v) is 2.67. The van der Waals surface area contributed by atoms with E-state index in [-0.39, 0.29) is 5.91 Å². The summed E-state index contributed by atoms with van der Waals surface area (Å²) in [4.78, 5) is 11.7. The Labute approximate surface area is 94.1 Å². The van der Waals surface area contributed by atoms with E-state index >= 15 is 0 Å². The quantitative estimate of drug-likeness (QED) is 0.514. The van der Waals surface area contributed by atoms with E-state index in [4.69, 9.17) is 5.73 Å². The minimum absolute atomic E-state index is 0.220. The maximum absolute atomic E-state index is 11.7. The van der Waals surface area contributed by atoms with E-state index in [1.165, 1.54) is 0 Å². The van der Waals surface area contributed by atoms with E-state index in [0.717, 1.165) is 25.0 Å². The van der Waals surface area contributed by atoms with Gasteiger partial charge in [-0.3, -0.25) is 9.89 Å². The van der Waals surface area contributed by atoms with Crippen molar-refractivity contribution in [3.05, 3.63) is 24.0 Å². The molecule has 1 fully saturated rings. The van der Waals surface area contributed by atoms with Crippen molar-refractivity contribution < 1.29 is 4.79 Å². The number of amides is 1. The number of aromatic amines is 1. The Morgan fingerprint density at radius 1 is 1.69 bits per heavy atom. The number of nitrogen functional groups attached to an aromatic ring is 1. The molecule has 0 aliphatic heterocycles. The zero-order chi connectivity index (χ0) is 11.5. The van der Waals surface area contributed by atoms with Crippen molar-refractivity contribution >= 4 is 11.6 Å². The van der Waals surface area contributed by atoms with Gasteiger partial charge in [-0.1, -0.05) is 6.08 Å². The summed E-state index contributed by atoms with van der Waals surface area (Å²) in [5.41, 5.74) is 7.60.